The first-order chi connectivity index (χ1) is 20.2. The number of fused-ring (bicyclic) bond motifs is 1. The monoisotopic (exact) mass is 577 g/mol. The Morgan fingerprint density at radius 3 is 2.74 bits per heavy atom. The maximum Gasteiger partial charge on any atom is 0.246 e. The number of hydrogen-bond donors (Lipinski definition) is 2. The molecular formula is C30H33F2N7O3. The third-order valence-corrected chi connectivity index (χ3v) is 8.08. The van der Waals surface area contributed by atoms with E-state index in [9.17, 15) is 13.6 Å². The van der Waals surface area contributed by atoms with Crippen molar-refractivity contribution in [3.8, 4) is 11.1 Å². The summed E-state index contributed by atoms with van der Waals surface area (Å²) in [6.45, 7) is 2.21. The fourth-order valence-corrected chi connectivity index (χ4v) is 5.85. The first-order valence-corrected chi connectivity index (χ1v) is 13.9. The molecule has 1 amide bonds. The smallest absolute Gasteiger partial charge is 0.246 e. The van der Waals surface area contributed by atoms with E-state index in [1.54, 1.807) is 36.6 Å². The normalized spacial score (nSPS) is 21.0. The Morgan fingerprint density at radius 1 is 1.14 bits per heavy atom. The molecule has 2 fully saturated rings. The van der Waals surface area contributed by atoms with E-state index in [-0.39, 0.29) is 5.91 Å². The summed E-state index contributed by atoms with van der Waals surface area (Å²) in [5.41, 5.74) is 16.2. The summed E-state index contributed by atoms with van der Waals surface area (Å²) in [6, 6.07) is 9.63. The van der Waals surface area contributed by atoms with Gasteiger partial charge >= 0.3 is 0 Å². The van der Waals surface area contributed by atoms with Gasteiger partial charge < -0.3 is 30.7 Å². The molecule has 220 valence electrons. The first kappa shape index (κ1) is 28.0. The third-order valence-electron chi connectivity index (χ3n) is 8.08. The second kappa shape index (κ2) is 11.3. The van der Waals surface area contributed by atoms with Crippen LogP contribution in [0.5, 0.6) is 0 Å². The minimum Gasteiger partial charge on any atom is -0.381 e. The van der Waals surface area contributed by atoms with Crippen LogP contribution in [0.4, 0.5) is 20.3 Å². The lowest BCUT2D eigenvalue weighted by molar-refractivity contribution is -0.172. The number of nitrogens with zero attached hydrogens (tertiary/aromatic N) is 5. The van der Waals surface area contributed by atoms with Crippen LogP contribution in [0, 0.1) is 11.6 Å². The minimum atomic E-state index is -1.13. The van der Waals surface area contributed by atoms with Crippen LogP contribution in [0.1, 0.15) is 24.1 Å². The molecule has 2 unspecified atom stereocenters. The Balaban J connectivity index is 1.35. The highest BCUT2D eigenvalue weighted by atomic mass is 19.2. The fraction of sp³-hybridized carbons (Fsp3) is 0.367. The molecule has 6 rings (SSSR count). The van der Waals surface area contributed by atoms with Crippen molar-refractivity contribution in [1.29, 1.82) is 0 Å². The van der Waals surface area contributed by atoms with Crippen LogP contribution in [0.2, 0.25) is 0 Å². The summed E-state index contributed by atoms with van der Waals surface area (Å²) >= 11 is 0. The summed E-state index contributed by atoms with van der Waals surface area (Å²) < 4.78 is 40.9. The van der Waals surface area contributed by atoms with E-state index in [1.807, 2.05) is 22.6 Å². The Labute approximate surface area is 241 Å². The molecule has 2 aromatic carbocycles. The van der Waals surface area contributed by atoms with Gasteiger partial charge in [-0.1, -0.05) is 12.1 Å². The number of aromatic nitrogens is 3. The van der Waals surface area contributed by atoms with Crippen molar-refractivity contribution >= 4 is 23.1 Å². The van der Waals surface area contributed by atoms with Gasteiger partial charge in [0.1, 0.15) is 5.54 Å². The number of halogens is 2. The highest BCUT2D eigenvalue weighted by Gasteiger charge is 2.43. The summed E-state index contributed by atoms with van der Waals surface area (Å²) in [6.07, 6.45) is 6.36. The van der Waals surface area contributed by atoms with E-state index in [1.165, 1.54) is 6.07 Å². The van der Waals surface area contributed by atoms with Crippen LogP contribution in [0.15, 0.2) is 55.0 Å². The second-order valence-corrected chi connectivity index (χ2v) is 10.9. The van der Waals surface area contributed by atoms with Crippen molar-refractivity contribution < 1.29 is 23.0 Å². The molecule has 4 N–H and O–H groups in total. The Kier molecular flexibility index (Phi) is 7.52. The second-order valence-electron chi connectivity index (χ2n) is 10.9. The van der Waals surface area contributed by atoms with Gasteiger partial charge in [-0.25, -0.2) is 18.7 Å². The molecular weight excluding hydrogens is 544 g/mol. The van der Waals surface area contributed by atoms with E-state index < -0.39 is 23.4 Å². The van der Waals surface area contributed by atoms with Crippen LogP contribution in [-0.4, -0.2) is 76.9 Å². The van der Waals surface area contributed by atoms with Gasteiger partial charge in [-0.3, -0.25) is 9.20 Å². The maximum absolute atomic E-state index is 14.1. The van der Waals surface area contributed by atoms with Gasteiger partial charge in [-0.2, -0.15) is 0 Å². The molecule has 2 atom stereocenters. The fourth-order valence-electron chi connectivity index (χ4n) is 5.85. The number of nitrogens with two attached hydrogens (primary N) is 2. The minimum absolute atomic E-state index is 0.201. The SMILES string of the molecule is CN(C(=O)C1(N)CCCN(c2ccc(-c3ccc(F)c(F)c3)cc2Cc2cnc3c(N)nccn23)C1)C1COCCO1. The maximum atomic E-state index is 14.1. The van der Waals surface area contributed by atoms with E-state index in [0.717, 1.165) is 28.6 Å². The zero-order chi connectivity index (χ0) is 29.4. The van der Waals surface area contributed by atoms with Gasteiger partial charge in [0.2, 0.25) is 5.91 Å². The molecule has 2 saturated heterocycles. The van der Waals surface area contributed by atoms with Gasteiger partial charge in [0.25, 0.3) is 0 Å². The van der Waals surface area contributed by atoms with Crippen molar-refractivity contribution in [2.45, 2.75) is 31.0 Å². The average Bonchev–Trinajstić information content (AvgIpc) is 3.42. The Bertz CT molecular complexity index is 1620. The number of rotatable bonds is 6. The Hall–Kier alpha value is -4.13. The largest absolute Gasteiger partial charge is 0.381 e. The van der Waals surface area contributed by atoms with Gasteiger partial charge in [-0.05, 0) is 53.8 Å². The number of carbonyl (C=O) groups excluding carboxylic acids is 1. The van der Waals surface area contributed by atoms with Crippen LogP contribution in [0.25, 0.3) is 16.8 Å². The summed E-state index contributed by atoms with van der Waals surface area (Å²) in [4.78, 5) is 25.9. The van der Waals surface area contributed by atoms with Gasteiger partial charge in [0.15, 0.2) is 29.3 Å². The number of imidazole rings is 1. The number of carbonyl (C=O) groups is 1. The number of ether oxygens (including phenoxy) is 2. The summed E-state index contributed by atoms with van der Waals surface area (Å²) in [7, 11) is 1.70. The topological polar surface area (TPSA) is 124 Å². The molecule has 0 aliphatic carbocycles. The lowest BCUT2D eigenvalue weighted by atomic mass is 9.87. The van der Waals surface area contributed by atoms with E-state index in [4.69, 9.17) is 20.9 Å². The first-order valence-electron chi connectivity index (χ1n) is 13.9. The number of hydrogen-bond acceptors (Lipinski definition) is 8. The standard InChI is InChI=1S/C30H33F2N7O3/c1-37(26-17-41-11-12-42-26)29(40)30(34)7-2-9-38(18-30)25-6-4-19(20-3-5-23(31)24(32)15-20)13-21(25)14-22-16-36-28-27(33)35-8-10-39(22)28/h3-6,8,10,13,15-16,26H,2,7,9,11-12,14,17-18,34H2,1H3,(H2,33,35). The third kappa shape index (κ3) is 5.28. The zero-order valence-corrected chi connectivity index (χ0v) is 23.3. The number of benzene rings is 2. The molecule has 4 aromatic rings. The molecule has 0 bridgehead atoms. The molecule has 2 aromatic heterocycles. The quantitative estimate of drug-likeness (QED) is 0.359. The van der Waals surface area contributed by atoms with Crippen molar-refractivity contribution in [2.75, 3.05) is 50.6 Å². The van der Waals surface area contributed by atoms with E-state index in [2.05, 4.69) is 14.9 Å². The number of likely N-dealkylation sites (N-methyl/N-ethyl adjacent to an activating group) is 1. The number of amides is 1. The van der Waals surface area contributed by atoms with Crippen LogP contribution in [0.3, 0.4) is 0 Å². The molecule has 10 nitrogen and oxygen atoms in total. The van der Waals surface area contributed by atoms with Crippen molar-refractivity contribution in [3.05, 3.63) is 77.9 Å². The van der Waals surface area contributed by atoms with Crippen LogP contribution >= 0.6 is 0 Å². The highest BCUT2D eigenvalue weighted by Crippen LogP contribution is 2.34. The summed E-state index contributed by atoms with van der Waals surface area (Å²) in [5, 5.41) is 0. The molecule has 4 heterocycles. The molecule has 2 aliphatic rings. The number of anilines is 2. The van der Waals surface area contributed by atoms with Crippen LogP contribution in [-0.2, 0) is 20.7 Å². The predicted octanol–water partition coefficient (Wildman–Crippen LogP) is 2.98. The molecule has 2 aliphatic heterocycles. The highest BCUT2D eigenvalue weighted by molar-refractivity contribution is 5.87. The molecule has 0 saturated carbocycles. The van der Waals surface area contributed by atoms with Crippen molar-refractivity contribution in [1.82, 2.24) is 19.3 Å². The molecule has 0 spiro atoms. The summed E-state index contributed by atoms with van der Waals surface area (Å²) in [5.74, 6) is -1.70. The average molecular weight is 578 g/mol. The van der Waals surface area contributed by atoms with Gasteiger partial charge in [0, 0.05) is 56.5 Å². The lowest BCUT2D eigenvalue weighted by Crippen LogP contribution is -2.65. The molecule has 12 heteroatoms. The van der Waals surface area contributed by atoms with Crippen molar-refractivity contribution in [2.24, 2.45) is 5.73 Å². The van der Waals surface area contributed by atoms with E-state index >= 15 is 0 Å². The molecule has 42 heavy (non-hydrogen) atoms. The molecule has 0 radical (unpaired) electrons. The van der Waals surface area contributed by atoms with E-state index in [0.29, 0.717) is 69.2 Å². The number of piperidine rings is 1. The zero-order valence-electron chi connectivity index (χ0n) is 23.3. The predicted molar refractivity (Wildman–Crippen MR) is 154 cm³/mol. The van der Waals surface area contributed by atoms with Gasteiger partial charge in [0.05, 0.1) is 19.8 Å². The lowest BCUT2D eigenvalue weighted by Gasteiger charge is -2.44. The van der Waals surface area contributed by atoms with Gasteiger partial charge in [-0.15, -0.1) is 0 Å². The Morgan fingerprint density at radius 2 is 1.95 bits per heavy atom. The van der Waals surface area contributed by atoms with Crippen molar-refractivity contribution in [3.63, 3.8) is 0 Å². The van der Waals surface area contributed by atoms with Crippen LogP contribution < -0.4 is 16.4 Å². The number of nitrogen functional groups attached to an aromatic ring is 1.